The van der Waals surface area contributed by atoms with E-state index in [0.717, 1.165) is 39.0 Å². The average molecular weight is 877 g/mol. The van der Waals surface area contributed by atoms with Gasteiger partial charge >= 0.3 is 0 Å². The molecule has 0 aliphatic heterocycles. The summed E-state index contributed by atoms with van der Waals surface area (Å²) >= 11 is 0. The van der Waals surface area contributed by atoms with E-state index in [4.69, 9.17) is 9.97 Å². The maximum atomic E-state index is 5.27. The van der Waals surface area contributed by atoms with Crippen molar-refractivity contribution in [3.8, 4) is 78.4 Å². The van der Waals surface area contributed by atoms with Gasteiger partial charge in [-0.1, -0.05) is 249 Å². The van der Waals surface area contributed by atoms with Crippen molar-refractivity contribution >= 4 is 21.5 Å². The van der Waals surface area contributed by atoms with Gasteiger partial charge in [0.2, 0.25) is 0 Å². The van der Waals surface area contributed by atoms with Gasteiger partial charge in [-0.25, -0.2) is 9.97 Å². The van der Waals surface area contributed by atoms with Gasteiger partial charge in [0.1, 0.15) is 0 Å². The summed E-state index contributed by atoms with van der Waals surface area (Å²) in [6, 6.07) is 96.8. The summed E-state index contributed by atoms with van der Waals surface area (Å²) in [5.41, 5.74) is 19.2. The van der Waals surface area contributed by atoms with E-state index in [1.54, 1.807) is 0 Å². The molecule has 13 rings (SSSR count). The van der Waals surface area contributed by atoms with Crippen LogP contribution in [0.25, 0.3) is 100.0 Å². The molecular formula is C67H44N2. The molecular weight excluding hydrogens is 833 g/mol. The lowest BCUT2D eigenvalue weighted by Gasteiger charge is -2.34. The SMILES string of the molecule is c1ccc(-c2ccc3c(c2)C(c2ccccc2)(c2ccccc2)c2cc(-c4ccc(-c5ccc(-c6cc(-c7cccc8ccccc78)nc(-c7ccccc7)n6)c6ccccc56)cc4)ccc2-3)cc1. The average Bonchev–Trinajstić information content (AvgIpc) is 3.73. The minimum atomic E-state index is -0.518. The smallest absolute Gasteiger partial charge is 0.160 e. The fraction of sp³-hybridized carbons (Fsp3) is 0.0149. The lowest BCUT2D eigenvalue weighted by Crippen LogP contribution is -2.28. The van der Waals surface area contributed by atoms with Gasteiger partial charge in [-0.15, -0.1) is 0 Å². The van der Waals surface area contributed by atoms with Crippen molar-refractivity contribution in [2.24, 2.45) is 0 Å². The summed E-state index contributed by atoms with van der Waals surface area (Å²) in [4.78, 5) is 10.5. The van der Waals surface area contributed by atoms with Crippen molar-refractivity contribution in [2.45, 2.75) is 5.41 Å². The number of nitrogens with zero attached hydrogens (tertiary/aromatic N) is 2. The van der Waals surface area contributed by atoms with Crippen LogP contribution in [-0.2, 0) is 5.41 Å². The fourth-order valence-electron chi connectivity index (χ4n) is 11.0. The standard InChI is InChI=1S/C67H44N2/c1-5-18-45(19-6-1)50-36-38-58-59-39-37-51(43-63(59)67(62(58)42-50,52-24-9-3-10-25-52)53-26-11-4-12-27-53)46-32-34-48(35-33-46)55-40-41-61(57-30-16-15-29-56(55)57)65-44-64(68-66(69-65)49-21-7-2-8-22-49)60-31-17-23-47-20-13-14-28-54(47)60/h1-44H. The molecule has 12 aromatic rings. The molecule has 0 bridgehead atoms. The minimum Gasteiger partial charge on any atom is -0.228 e. The van der Waals surface area contributed by atoms with Crippen LogP contribution in [-0.4, -0.2) is 9.97 Å². The van der Waals surface area contributed by atoms with E-state index in [0.29, 0.717) is 5.82 Å². The van der Waals surface area contributed by atoms with Crippen LogP contribution in [0, 0.1) is 0 Å². The molecule has 0 unspecified atom stereocenters. The van der Waals surface area contributed by atoms with E-state index in [1.807, 2.05) is 18.2 Å². The van der Waals surface area contributed by atoms with Gasteiger partial charge in [0.15, 0.2) is 5.82 Å². The fourth-order valence-corrected chi connectivity index (χ4v) is 11.0. The molecule has 322 valence electrons. The molecule has 0 fully saturated rings. The molecule has 1 heterocycles. The maximum Gasteiger partial charge on any atom is 0.160 e. The lowest BCUT2D eigenvalue weighted by molar-refractivity contribution is 0.769. The van der Waals surface area contributed by atoms with Gasteiger partial charge in [-0.05, 0) is 107 Å². The van der Waals surface area contributed by atoms with Crippen LogP contribution in [0.4, 0.5) is 0 Å². The van der Waals surface area contributed by atoms with Crippen molar-refractivity contribution in [1.82, 2.24) is 9.97 Å². The first-order valence-electron chi connectivity index (χ1n) is 23.7. The Morgan fingerprint density at radius 3 is 1.25 bits per heavy atom. The molecule has 0 saturated carbocycles. The number of aromatic nitrogens is 2. The Labute approximate surface area is 402 Å². The van der Waals surface area contributed by atoms with Crippen LogP contribution in [0.2, 0.25) is 0 Å². The highest BCUT2D eigenvalue weighted by molar-refractivity contribution is 6.05. The van der Waals surface area contributed by atoms with E-state index in [1.165, 1.54) is 77.4 Å². The van der Waals surface area contributed by atoms with E-state index in [-0.39, 0.29) is 0 Å². The quantitative estimate of drug-likeness (QED) is 0.152. The van der Waals surface area contributed by atoms with E-state index < -0.39 is 5.41 Å². The molecule has 0 saturated heterocycles. The molecule has 2 nitrogen and oxygen atoms in total. The predicted molar refractivity (Wildman–Crippen MR) is 287 cm³/mol. The van der Waals surface area contributed by atoms with Crippen LogP contribution < -0.4 is 0 Å². The van der Waals surface area contributed by atoms with Crippen LogP contribution in [0.15, 0.2) is 267 Å². The zero-order valence-corrected chi connectivity index (χ0v) is 37.8. The van der Waals surface area contributed by atoms with Crippen molar-refractivity contribution in [1.29, 1.82) is 0 Å². The minimum absolute atomic E-state index is 0.518. The summed E-state index contributed by atoms with van der Waals surface area (Å²) in [5, 5.41) is 4.67. The normalized spacial score (nSPS) is 12.5. The van der Waals surface area contributed by atoms with Crippen LogP contribution >= 0.6 is 0 Å². The summed E-state index contributed by atoms with van der Waals surface area (Å²) < 4.78 is 0. The number of benzene rings is 11. The van der Waals surface area contributed by atoms with Crippen LogP contribution in [0.1, 0.15) is 22.3 Å². The van der Waals surface area contributed by atoms with Crippen LogP contribution in [0.5, 0.6) is 0 Å². The Morgan fingerprint density at radius 2 is 0.652 bits per heavy atom. The van der Waals surface area contributed by atoms with Crippen molar-refractivity contribution in [2.75, 3.05) is 0 Å². The van der Waals surface area contributed by atoms with Gasteiger partial charge in [0, 0.05) is 16.7 Å². The number of fused-ring (bicyclic) bond motifs is 5. The Bertz CT molecular complexity index is 3820. The lowest BCUT2D eigenvalue weighted by atomic mass is 9.67. The van der Waals surface area contributed by atoms with Crippen molar-refractivity contribution in [3.05, 3.63) is 289 Å². The number of rotatable bonds is 8. The highest BCUT2D eigenvalue weighted by Crippen LogP contribution is 2.57. The van der Waals surface area contributed by atoms with E-state index in [2.05, 4.69) is 249 Å². The topological polar surface area (TPSA) is 25.8 Å². The van der Waals surface area contributed by atoms with Crippen molar-refractivity contribution < 1.29 is 0 Å². The zero-order valence-electron chi connectivity index (χ0n) is 37.8. The Kier molecular flexibility index (Phi) is 9.77. The second kappa shape index (κ2) is 16.7. The number of hydrogen-bond donors (Lipinski definition) is 0. The van der Waals surface area contributed by atoms with E-state index in [9.17, 15) is 0 Å². The maximum absolute atomic E-state index is 5.27. The third kappa shape index (κ3) is 6.80. The first kappa shape index (κ1) is 40.3. The van der Waals surface area contributed by atoms with Gasteiger partial charge in [-0.3, -0.25) is 0 Å². The molecule has 1 aliphatic rings. The Balaban J connectivity index is 0.916. The third-order valence-electron chi connectivity index (χ3n) is 14.2. The zero-order chi connectivity index (χ0) is 45.7. The van der Waals surface area contributed by atoms with E-state index >= 15 is 0 Å². The monoisotopic (exact) mass is 876 g/mol. The number of hydrogen-bond acceptors (Lipinski definition) is 2. The highest BCUT2D eigenvalue weighted by atomic mass is 14.9. The summed E-state index contributed by atoms with van der Waals surface area (Å²) in [6.45, 7) is 0. The highest BCUT2D eigenvalue weighted by Gasteiger charge is 2.46. The molecule has 0 amide bonds. The third-order valence-corrected chi connectivity index (χ3v) is 14.2. The Morgan fingerprint density at radius 1 is 0.246 bits per heavy atom. The van der Waals surface area contributed by atoms with Gasteiger partial charge in [-0.2, -0.15) is 0 Å². The summed E-state index contributed by atoms with van der Waals surface area (Å²) in [5.74, 6) is 0.705. The van der Waals surface area contributed by atoms with Crippen molar-refractivity contribution in [3.63, 3.8) is 0 Å². The largest absolute Gasteiger partial charge is 0.228 e. The second-order valence-electron chi connectivity index (χ2n) is 18.0. The molecule has 0 spiro atoms. The first-order chi connectivity index (χ1) is 34.2. The molecule has 11 aromatic carbocycles. The molecule has 69 heavy (non-hydrogen) atoms. The van der Waals surface area contributed by atoms with Gasteiger partial charge in [0.05, 0.1) is 16.8 Å². The van der Waals surface area contributed by atoms with Gasteiger partial charge in [0.25, 0.3) is 0 Å². The predicted octanol–water partition coefficient (Wildman–Crippen LogP) is 17.1. The molecule has 0 atom stereocenters. The van der Waals surface area contributed by atoms with Crippen LogP contribution in [0.3, 0.4) is 0 Å². The second-order valence-corrected chi connectivity index (χ2v) is 18.0. The summed E-state index contributed by atoms with van der Waals surface area (Å²) in [6.07, 6.45) is 0. The molecule has 2 heteroatoms. The Hall–Kier alpha value is -8.98. The van der Waals surface area contributed by atoms with Gasteiger partial charge < -0.3 is 0 Å². The molecule has 0 N–H and O–H groups in total. The molecule has 1 aromatic heterocycles. The molecule has 0 radical (unpaired) electrons. The first-order valence-corrected chi connectivity index (χ1v) is 23.7. The molecule has 1 aliphatic carbocycles. The summed E-state index contributed by atoms with van der Waals surface area (Å²) in [7, 11) is 0.